The third kappa shape index (κ3) is 2.83. The summed E-state index contributed by atoms with van der Waals surface area (Å²) in [5.41, 5.74) is 1.05. The molecule has 1 heterocycles. The quantitative estimate of drug-likeness (QED) is 0.724. The molecule has 0 aliphatic heterocycles. The zero-order valence-electron chi connectivity index (χ0n) is 6.08. The Kier molecular flexibility index (Phi) is 3.28. The molecule has 0 radical (unpaired) electrons. The molecule has 4 heteroatoms. The number of rotatable bonds is 0. The van der Waals surface area contributed by atoms with Crippen molar-refractivity contribution in [3.63, 3.8) is 0 Å². The van der Waals surface area contributed by atoms with Gasteiger partial charge in [-0.3, -0.25) is 5.10 Å². The van der Waals surface area contributed by atoms with Crippen LogP contribution in [0, 0.1) is 10.6 Å². The Morgan fingerprint density at radius 3 is 3.18 bits per heavy atom. The Bertz CT molecular complexity index is 254. The van der Waals surface area contributed by atoms with E-state index in [1.165, 1.54) is 0 Å². The molecule has 0 unspecified atom stereocenters. The van der Waals surface area contributed by atoms with Gasteiger partial charge < -0.3 is 0 Å². The van der Waals surface area contributed by atoms with E-state index in [0.29, 0.717) is 0 Å². The zero-order chi connectivity index (χ0) is 8.10. The van der Waals surface area contributed by atoms with Crippen LogP contribution in [0.25, 0.3) is 0 Å². The molecular weight excluding hydrogens is 253 g/mol. The van der Waals surface area contributed by atoms with Crippen LogP contribution >= 0.6 is 22.6 Å². The smallest absolute Gasteiger partial charge is 0.105 e. The fourth-order valence-electron chi connectivity index (χ4n) is 0.527. The summed E-state index contributed by atoms with van der Waals surface area (Å²) in [5, 5.41) is 6.66. The minimum atomic E-state index is 0.958. The van der Waals surface area contributed by atoms with Gasteiger partial charge in [-0.2, -0.15) is 5.10 Å². The summed E-state index contributed by atoms with van der Waals surface area (Å²) in [6.45, 7) is 1.97. The number of aromatic nitrogens is 3. The molecule has 58 valence electrons. The van der Waals surface area contributed by atoms with Crippen molar-refractivity contribution >= 4 is 22.6 Å². The topological polar surface area (TPSA) is 41.6 Å². The second-order valence-corrected chi connectivity index (χ2v) is 3.02. The van der Waals surface area contributed by atoms with Crippen molar-refractivity contribution in [2.24, 2.45) is 0 Å². The van der Waals surface area contributed by atoms with Gasteiger partial charge in [0.25, 0.3) is 0 Å². The van der Waals surface area contributed by atoms with Crippen LogP contribution in [0.4, 0.5) is 0 Å². The van der Waals surface area contributed by atoms with Crippen molar-refractivity contribution in [2.45, 2.75) is 6.92 Å². The molecule has 0 fully saturated rings. The lowest BCUT2D eigenvalue weighted by atomic mass is 10.4. The molecule has 0 spiro atoms. The molecule has 0 aliphatic rings. The van der Waals surface area contributed by atoms with Gasteiger partial charge in [-0.15, -0.1) is 0 Å². The Morgan fingerprint density at radius 1 is 1.55 bits per heavy atom. The summed E-state index contributed by atoms with van der Waals surface area (Å²) in [4.78, 5) is 4.15. The van der Waals surface area contributed by atoms with Crippen molar-refractivity contribution in [3.05, 3.63) is 33.9 Å². The Hall–Kier alpha value is -0.650. The van der Waals surface area contributed by atoms with Crippen LogP contribution in [0.2, 0.25) is 0 Å². The second-order valence-electron chi connectivity index (χ2n) is 2.00. The second kappa shape index (κ2) is 4.27. The number of halogens is 1. The van der Waals surface area contributed by atoms with Crippen LogP contribution < -0.4 is 0 Å². The van der Waals surface area contributed by atoms with Gasteiger partial charge in [0.05, 0.1) is 6.20 Å². The molecule has 11 heavy (non-hydrogen) atoms. The number of aryl methyl sites for hydroxylation is 1. The van der Waals surface area contributed by atoms with E-state index in [4.69, 9.17) is 0 Å². The third-order valence-corrected chi connectivity index (χ3v) is 2.23. The van der Waals surface area contributed by atoms with E-state index in [0.717, 1.165) is 9.26 Å². The lowest BCUT2D eigenvalue weighted by Gasteiger charge is -1.85. The highest BCUT2D eigenvalue weighted by atomic mass is 127. The Morgan fingerprint density at radius 2 is 2.36 bits per heavy atom. The Labute approximate surface area is 78.7 Å². The first-order valence-electron chi connectivity index (χ1n) is 3.15. The SMILES string of the molecule is Cc1cn[nH]cccnc1I. The molecule has 1 N–H and O–H groups in total. The predicted molar refractivity (Wildman–Crippen MR) is 51.5 cm³/mol. The lowest BCUT2D eigenvalue weighted by molar-refractivity contribution is 1.04. The van der Waals surface area contributed by atoms with E-state index in [-0.39, 0.29) is 0 Å². The molecule has 1 rings (SSSR count). The lowest BCUT2D eigenvalue weighted by Crippen LogP contribution is -1.79. The minimum Gasteiger partial charge on any atom is -0.286 e. The van der Waals surface area contributed by atoms with Crippen LogP contribution in [-0.2, 0) is 0 Å². The van der Waals surface area contributed by atoms with E-state index in [9.17, 15) is 0 Å². The molecular formula is C7H8IN3. The normalized spacial score (nSPS) is 8.91. The summed E-state index contributed by atoms with van der Waals surface area (Å²) < 4.78 is 0.958. The molecule has 3 nitrogen and oxygen atoms in total. The summed E-state index contributed by atoms with van der Waals surface area (Å²) >= 11 is 2.17. The van der Waals surface area contributed by atoms with Gasteiger partial charge >= 0.3 is 0 Å². The van der Waals surface area contributed by atoms with E-state index in [1.54, 1.807) is 24.7 Å². The molecule has 0 aliphatic carbocycles. The maximum atomic E-state index is 4.15. The summed E-state index contributed by atoms with van der Waals surface area (Å²) in [6, 6.07) is 1.80. The molecule has 0 saturated carbocycles. The molecule has 1 aromatic heterocycles. The first-order valence-corrected chi connectivity index (χ1v) is 4.23. The van der Waals surface area contributed by atoms with Crippen molar-refractivity contribution in [2.75, 3.05) is 0 Å². The van der Waals surface area contributed by atoms with Crippen molar-refractivity contribution < 1.29 is 0 Å². The average Bonchev–Trinajstić information content (AvgIpc) is 2.07. The van der Waals surface area contributed by atoms with E-state index in [1.807, 2.05) is 6.92 Å². The predicted octanol–water partition coefficient (Wildman–Crippen LogP) is 1.84. The van der Waals surface area contributed by atoms with Crippen molar-refractivity contribution in [1.82, 2.24) is 15.2 Å². The van der Waals surface area contributed by atoms with Gasteiger partial charge in [-0.1, -0.05) is 0 Å². The highest BCUT2D eigenvalue weighted by molar-refractivity contribution is 14.1. The monoisotopic (exact) mass is 261 g/mol. The van der Waals surface area contributed by atoms with Gasteiger partial charge in [-0.25, -0.2) is 4.98 Å². The van der Waals surface area contributed by atoms with Gasteiger partial charge in [0.15, 0.2) is 0 Å². The summed E-state index contributed by atoms with van der Waals surface area (Å²) in [5.74, 6) is 0. The van der Waals surface area contributed by atoms with E-state index < -0.39 is 0 Å². The number of nitrogens with zero attached hydrogens (tertiary/aromatic N) is 2. The molecule has 1 aromatic rings. The summed E-state index contributed by atoms with van der Waals surface area (Å²) in [7, 11) is 0. The van der Waals surface area contributed by atoms with Gasteiger partial charge in [0.1, 0.15) is 3.70 Å². The average molecular weight is 261 g/mol. The Balaban J connectivity index is 3.28. The molecule has 0 amide bonds. The van der Waals surface area contributed by atoms with Crippen molar-refractivity contribution in [1.29, 1.82) is 0 Å². The highest BCUT2D eigenvalue weighted by Gasteiger charge is 1.86. The van der Waals surface area contributed by atoms with Crippen LogP contribution in [0.15, 0.2) is 24.7 Å². The van der Waals surface area contributed by atoms with Crippen LogP contribution in [0.1, 0.15) is 5.56 Å². The fourth-order valence-corrected chi connectivity index (χ4v) is 0.827. The van der Waals surface area contributed by atoms with Gasteiger partial charge in [0.2, 0.25) is 0 Å². The number of nitrogens with one attached hydrogen (secondary N) is 1. The molecule has 0 bridgehead atoms. The van der Waals surface area contributed by atoms with Crippen LogP contribution in [-0.4, -0.2) is 15.2 Å². The van der Waals surface area contributed by atoms with Gasteiger partial charge in [-0.05, 0) is 35.6 Å². The maximum absolute atomic E-state index is 4.15. The number of H-pyrrole nitrogens is 1. The standard InChI is InChI=1S/C7H8IN3/c1-6-5-11-10-4-2-3-9-7(6)8/h2-5,10H,1H3. The van der Waals surface area contributed by atoms with Crippen molar-refractivity contribution in [3.8, 4) is 0 Å². The third-order valence-electron chi connectivity index (χ3n) is 1.10. The van der Waals surface area contributed by atoms with Crippen LogP contribution in [0.5, 0.6) is 0 Å². The highest BCUT2D eigenvalue weighted by Crippen LogP contribution is 2.01. The minimum absolute atomic E-state index is 0.958. The summed E-state index contributed by atoms with van der Waals surface area (Å²) in [6.07, 6.45) is 5.20. The fraction of sp³-hybridized carbons (Fsp3) is 0.143. The number of hydrogen-bond donors (Lipinski definition) is 1. The first-order chi connectivity index (χ1) is 5.30. The zero-order valence-corrected chi connectivity index (χ0v) is 8.24. The maximum Gasteiger partial charge on any atom is 0.105 e. The molecule has 0 atom stereocenters. The molecule has 0 aromatic carbocycles. The van der Waals surface area contributed by atoms with E-state index in [2.05, 4.69) is 37.8 Å². The largest absolute Gasteiger partial charge is 0.286 e. The van der Waals surface area contributed by atoms with Gasteiger partial charge in [0, 0.05) is 18.0 Å². The number of aromatic amines is 1. The van der Waals surface area contributed by atoms with E-state index >= 15 is 0 Å². The van der Waals surface area contributed by atoms with Crippen LogP contribution in [0.3, 0.4) is 0 Å². The first kappa shape index (κ1) is 8.45. The number of hydrogen-bond acceptors (Lipinski definition) is 2. The molecule has 0 saturated heterocycles.